The number of carbonyl (C=O) groups excluding carboxylic acids is 1. The lowest BCUT2D eigenvalue weighted by Crippen LogP contribution is -2.24. The van der Waals surface area contributed by atoms with Gasteiger partial charge < -0.3 is 9.88 Å². The van der Waals surface area contributed by atoms with Gasteiger partial charge in [-0.05, 0) is 19.1 Å². The molecule has 0 fully saturated rings. The number of nitrogens with zero attached hydrogens (tertiary/aromatic N) is 3. The second kappa shape index (κ2) is 4.71. The molecular formula is C11H13ClN4O. The summed E-state index contributed by atoms with van der Waals surface area (Å²) in [4.78, 5) is 20.1. The maximum absolute atomic E-state index is 11.5. The Kier molecular flexibility index (Phi) is 3.28. The predicted molar refractivity (Wildman–Crippen MR) is 65.9 cm³/mol. The van der Waals surface area contributed by atoms with Gasteiger partial charge in [-0.3, -0.25) is 4.79 Å². The molecule has 0 saturated carbocycles. The van der Waals surface area contributed by atoms with Crippen molar-refractivity contribution in [3.05, 3.63) is 24.2 Å². The number of alkyl halides is 1. The van der Waals surface area contributed by atoms with Crippen LogP contribution in [0.15, 0.2) is 18.3 Å². The van der Waals surface area contributed by atoms with Gasteiger partial charge in [-0.2, -0.15) is 0 Å². The number of pyridine rings is 1. The van der Waals surface area contributed by atoms with E-state index in [9.17, 15) is 4.79 Å². The normalized spacial score (nSPS) is 12.6. The summed E-state index contributed by atoms with van der Waals surface area (Å²) in [6.07, 6.45) is 1.67. The van der Waals surface area contributed by atoms with Crippen LogP contribution in [0.3, 0.4) is 0 Å². The van der Waals surface area contributed by atoms with Gasteiger partial charge in [0.25, 0.3) is 0 Å². The van der Waals surface area contributed by atoms with Gasteiger partial charge in [-0.1, -0.05) is 0 Å². The Balaban J connectivity index is 2.55. The highest BCUT2D eigenvalue weighted by Crippen LogP contribution is 2.22. The molecule has 0 aliphatic carbocycles. The molecule has 6 heteroatoms. The number of amides is 1. The van der Waals surface area contributed by atoms with Gasteiger partial charge in [-0.25, -0.2) is 9.97 Å². The summed E-state index contributed by atoms with van der Waals surface area (Å²) in [6.45, 7) is 2.00. The third kappa shape index (κ3) is 2.24. The number of hydrogen-bond acceptors (Lipinski definition) is 3. The van der Waals surface area contributed by atoms with E-state index in [1.54, 1.807) is 17.8 Å². The quantitative estimate of drug-likeness (QED) is 0.842. The van der Waals surface area contributed by atoms with Crippen LogP contribution in [0.25, 0.3) is 11.2 Å². The molecule has 2 aromatic heterocycles. The van der Waals surface area contributed by atoms with Gasteiger partial charge >= 0.3 is 0 Å². The molecule has 5 nitrogen and oxygen atoms in total. The number of likely N-dealkylation sites (N-methyl/N-ethyl adjacent to an activating group) is 1. The van der Waals surface area contributed by atoms with Crippen molar-refractivity contribution < 1.29 is 4.79 Å². The first-order chi connectivity index (χ1) is 8.13. The molecule has 2 heterocycles. The van der Waals surface area contributed by atoms with Crippen molar-refractivity contribution in [2.24, 2.45) is 0 Å². The monoisotopic (exact) mass is 252 g/mol. The molecule has 1 N–H and O–H groups in total. The van der Waals surface area contributed by atoms with E-state index < -0.39 is 0 Å². The van der Waals surface area contributed by atoms with Crippen molar-refractivity contribution in [1.82, 2.24) is 19.9 Å². The van der Waals surface area contributed by atoms with Gasteiger partial charge in [-0.15, -0.1) is 11.6 Å². The lowest BCUT2D eigenvalue weighted by molar-refractivity contribution is -0.121. The summed E-state index contributed by atoms with van der Waals surface area (Å²) in [6, 6.07) is 3.66. The summed E-state index contributed by atoms with van der Waals surface area (Å²) in [5.41, 5.74) is 1.43. The number of imidazole rings is 1. The molecule has 0 spiro atoms. The topological polar surface area (TPSA) is 59.8 Å². The van der Waals surface area contributed by atoms with Gasteiger partial charge in [0.2, 0.25) is 5.91 Å². The summed E-state index contributed by atoms with van der Waals surface area (Å²) < 4.78 is 1.74. The van der Waals surface area contributed by atoms with Crippen LogP contribution in [0.2, 0.25) is 0 Å². The van der Waals surface area contributed by atoms with Crippen LogP contribution in [-0.2, 0) is 11.3 Å². The maximum Gasteiger partial charge on any atom is 0.239 e. The molecule has 17 heavy (non-hydrogen) atoms. The third-order valence-corrected chi connectivity index (χ3v) is 2.66. The first-order valence-corrected chi connectivity index (χ1v) is 5.73. The van der Waals surface area contributed by atoms with Crippen LogP contribution in [0.4, 0.5) is 0 Å². The van der Waals surface area contributed by atoms with Crippen LogP contribution >= 0.6 is 11.6 Å². The Morgan fingerprint density at radius 3 is 3.06 bits per heavy atom. The van der Waals surface area contributed by atoms with Gasteiger partial charge in [0.15, 0.2) is 5.65 Å². The summed E-state index contributed by atoms with van der Waals surface area (Å²) >= 11 is 6.06. The highest BCUT2D eigenvalue weighted by atomic mass is 35.5. The van der Waals surface area contributed by atoms with Crippen LogP contribution in [-0.4, -0.2) is 27.5 Å². The minimum Gasteiger partial charge on any atom is -0.358 e. The van der Waals surface area contributed by atoms with Crippen molar-refractivity contribution in [2.45, 2.75) is 18.8 Å². The van der Waals surface area contributed by atoms with Gasteiger partial charge in [0.1, 0.15) is 17.9 Å². The molecule has 1 unspecified atom stereocenters. The molecular weight excluding hydrogens is 240 g/mol. The first kappa shape index (κ1) is 11.9. The van der Waals surface area contributed by atoms with Crippen molar-refractivity contribution in [3.8, 4) is 0 Å². The number of hydrogen-bond donors (Lipinski definition) is 1. The standard InChI is InChI=1S/C11H13ClN4O/c1-7(12)10-15-8-4-3-5-14-11(8)16(10)6-9(17)13-2/h3-5,7H,6H2,1-2H3,(H,13,17). The zero-order valence-electron chi connectivity index (χ0n) is 9.64. The highest BCUT2D eigenvalue weighted by molar-refractivity contribution is 6.20. The van der Waals surface area contributed by atoms with E-state index in [2.05, 4.69) is 15.3 Å². The molecule has 2 rings (SSSR count). The summed E-state index contributed by atoms with van der Waals surface area (Å²) in [5, 5.41) is 2.31. The number of nitrogens with one attached hydrogen (secondary N) is 1. The number of halogens is 1. The molecule has 0 saturated heterocycles. The minimum absolute atomic E-state index is 0.103. The van der Waals surface area contributed by atoms with Crippen LogP contribution in [0.1, 0.15) is 18.1 Å². The Labute approximate surface area is 104 Å². The largest absolute Gasteiger partial charge is 0.358 e. The SMILES string of the molecule is CNC(=O)Cn1c(C(C)Cl)nc2cccnc21. The predicted octanol–water partition coefficient (Wildman–Crippen LogP) is 1.48. The fraction of sp³-hybridized carbons (Fsp3) is 0.364. The summed E-state index contributed by atoms with van der Waals surface area (Å²) in [5.74, 6) is 0.553. The van der Waals surface area contributed by atoms with E-state index >= 15 is 0 Å². The zero-order chi connectivity index (χ0) is 12.4. The fourth-order valence-corrected chi connectivity index (χ4v) is 1.82. The maximum atomic E-state index is 11.5. The van der Waals surface area contributed by atoms with Crippen molar-refractivity contribution in [2.75, 3.05) is 7.05 Å². The van der Waals surface area contributed by atoms with E-state index in [1.807, 2.05) is 19.1 Å². The van der Waals surface area contributed by atoms with E-state index in [1.165, 1.54) is 0 Å². The van der Waals surface area contributed by atoms with Crippen LogP contribution in [0, 0.1) is 0 Å². The minimum atomic E-state index is -0.270. The number of rotatable bonds is 3. The Bertz CT molecular complexity index is 549. The van der Waals surface area contributed by atoms with E-state index in [4.69, 9.17) is 11.6 Å². The van der Waals surface area contributed by atoms with Gasteiger partial charge in [0, 0.05) is 13.2 Å². The Hall–Kier alpha value is -1.62. The van der Waals surface area contributed by atoms with E-state index in [0.29, 0.717) is 11.5 Å². The van der Waals surface area contributed by atoms with Crippen LogP contribution in [0.5, 0.6) is 0 Å². The van der Waals surface area contributed by atoms with Crippen molar-refractivity contribution >= 4 is 28.7 Å². The average molecular weight is 253 g/mol. The molecule has 0 aliphatic heterocycles. The van der Waals surface area contributed by atoms with Gasteiger partial charge in [0.05, 0.1) is 5.38 Å². The number of carbonyl (C=O) groups is 1. The number of aromatic nitrogens is 3. The molecule has 90 valence electrons. The Morgan fingerprint density at radius 2 is 2.41 bits per heavy atom. The zero-order valence-corrected chi connectivity index (χ0v) is 10.4. The molecule has 0 aliphatic rings. The van der Waals surface area contributed by atoms with Crippen LogP contribution < -0.4 is 5.32 Å². The van der Waals surface area contributed by atoms with Crippen molar-refractivity contribution in [1.29, 1.82) is 0 Å². The lowest BCUT2D eigenvalue weighted by Gasteiger charge is -2.08. The first-order valence-electron chi connectivity index (χ1n) is 5.29. The average Bonchev–Trinajstić information content (AvgIpc) is 2.68. The highest BCUT2D eigenvalue weighted by Gasteiger charge is 2.17. The molecule has 0 aromatic carbocycles. The number of fused-ring (bicyclic) bond motifs is 1. The van der Waals surface area contributed by atoms with E-state index in [0.717, 1.165) is 5.52 Å². The fourth-order valence-electron chi connectivity index (χ4n) is 1.66. The molecule has 1 atom stereocenters. The molecule has 0 bridgehead atoms. The summed E-state index contributed by atoms with van der Waals surface area (Å²) in [7, 11) is 1.60. The second-order valence-electron chi connectivity index (χ2n) is 3.69. The molecule has 0 radical (unpaired) electrons. The lowest BCUT2D eigenvalue weighted by atomic mass is 10.4. The van der Waals surface area contributed by atoms with Crippen molar-refractivity contribution in [3.63, 3.8) is 0 Å². The van der Waals surface area contributed by atoms with E-state index in [-0.39, 0.29) is 17.8 Å². The Morgan fingerprint density at radius 1 is 1.65 bits per heavy atom. The second-order valence-corrected chi connectivity index (χ2v) is 4.35. The third-order valence-electron chi connectivity index (χ3n) is 2.47. The molecule has 1 amide bonds. The molecule has 2 aromatic rings. The smallest absolute Gasteiger partial charge is 0.239 e.